The highest BCUT2D eigenvalue weighted by atomic mass is 15.2. The highest BCUT2D eigenvalue weighted by Crippen LogP contribution is 2.26. The van der Waals surface area contributed by atoms with Crippen LogP contribution in [0.5, 0.6) is 0 Å². The molecule has 2 aromatic rings. The van der Waals surface area contributed by atoms with Crippen LogP contribution in [0.3, 0.4) is 0 Å². The summed E-state index contributed by atoms with van der Waals surface area (Å²) in [6.07, 6.45) is 7.08. The first-order chi connectivity index (χ1) is 8.31. The van der Waals surface area contributed by atoms with Crippen molar-refractivity contribution in [1.82, 2.24) is 24.9 Å². The number of nitrogens with one attached hydrogen (secondary N) is 1. The molecule has 1 atom stereocenters. The lowest BCUT2D eigenvalue weighted by molar-refractivity contribution is 0.326. The van der Waals surface area contributed by atoms with Crippen molar-refractivity contribution in [3.63, 3.8) is 0 Å². The van der Waals surface area contributed by atoms with E-state index in [2.05, 4.69) is 32.5 Å². The van der Waals surface area contributed by atoms with Crippen LogP contribution in [0.4, 0.5) is 0 Å². The van der Waals surface area contributed by atoms with Crippen LogP contribution in [-0.2, 0) is 13.6 Å². The standard InChI is InChI=1S/C12H17N5/c1-16-7-10(6-14-16)8-17-5-3-11(9-17)12-2-4-13-15-12/h2,4,6-7,11H,3,5,8-9H2,1H3,(H,13,15)/t11-/m0/s1. The number of rotatable bonds is 3. The van der Waals surface area contributed by atoms with Crippen LogP contribution in [0, 0.1) is 0 Å². The zero-order valence-electron chi connectivity index (χ0n) is 10.0. The van der Waals surface area contributed by atoms with E-state index in [9.17, 15) is 0 Å². The Bertz CT molecular complexity index is 473. The van der Waals surface area contributed by atoms with Gasteiger partial charge in [-0.25, -0.2) is 0 Å². The minimum atomic E-state index is 0.606. The third-order valence-electron chi connectivity index (χ3n) is 3.40. The maximum absolute atomic E-state index is 4.20. The van der Waals surface area contributed by atoms with E-state index in [1.165, 1.54) is 17.7 Å². The average molecular weight is 231 g/mol. The summed E-state index contributed by atoms with van der Waals surface area (Å²) in [6, 6.07) is 2.08. The fraction of sp³-hybridized carbons (Fsp3) is 0.500. The Morgan fingerprint density at radius 2 is 2.47 bits per heavy atom. The molecule has 17 heavy (non-hydrogen) atoms. The predicted molar refractivity (Wildman–Crippen MR) is 64.4 cm³/mol. The first-order valence-corrected chi connectivity index (χ1v) is 6.00. The molecule has 3 rings (SSSR count). The molecule has 90 valence electrons. The van der Waals surface area contributed by atoms with Crippen LogP contribution >= 0.6 is 0 Å². The highest BCUT2D eigenvalue weighted by molar-refractivity contribution is 5.10. The summed E-state index contributed by atoms with van der Waals surface area (Å²) in [6.45, 7) is 3.26. The van der Waals surface area contributed by atoms with Gasteiger partial charge in [0, 0.05) is 49.7 Å². The van der Waals surface area contributed by atoms with Gasteiger partial charge in [0.25, 0.3) is 0 Å². The van der Waals surface area contributed by atoms with Crippen molar-refractivity contribution in [2.45, 2.75) is 18.9 Å². The number of hydrogen-bond donors (Lipinski definition) is 1. The van der Waals surface area contributed by atoms with Crippen molar-refractivity contribution < 1.29 is 0 Å². The van der Waals surface area contributed by atoms with Crippen molar-refractivity contribution in [3.05, 3.63) is 35.9 Å². The number of aromatic amines is 1. The van der Waals surface area contributed by atoms with Gasteiger partial charge in [0.15, 0.2) is 0 Å². The van der Waals surface area contributed by atoms with Gasteiger partial charge in [0.1, 0.15) is 0 Å². The lowest BCUT2D eigenvalue weighted by Crippen LogP contribution is -2.19. The Balaban J connectivity index is 1.61. The zero-order valence-corrected chi connectivity index (χ0v) is 10.0. The fourth-order valence-electron chi connectivity index (χ4n) is 2.54. The molecule has 0 spiro atoms. The SMILES string of the molecule is Cn1cc(CN2CC[C@H](c3ccn[nH]3)C2)cn1. The number of aryl methyl sites for hydroxylation is 1. The molecule has 0 saturated carbocycles. The van der Waals surface area contributed by atoms with E-state index < -0.39 is 0 Å². The monoisotopic (exact) mass is 231 g/mol. The van der Waals surface area contributed by atoms with E-state index in [0.717, 1.165) is 19.6 Å². The van der Waals surface area contributed by atoms with Crippen LogP contribution < -0.4 is 0 Å². The molecule has 0 aliphatic carbocycles. The topological polar surface area (TPSA) is 49.7 Å². The molecule has 1 saturated heterocycles. The van der Waals surface area contributed by atoms with E-state index in [4.69, 9.17) is 0 Å². The van der Waals surface area contributed by atoms with Gasteiger partial charge in [0.2, 0.25) is 0 Å². The molecule has 0 unspecified atom stereocenters. The van der Waals surface area contributed by atoms with E-state index in [1.807, 2.05) is 24.1 Å². The Labute approximate surface area is 100 Å². The summed E-state index contributed by atoms with van der Waals surface area (Å²) in [7, 11) is 1.96. The summed E-state index contributed by atoms with van der Waals surface area (Å²) < 4.78 is 1.86. The number of aromatic nitrogens is 4. The largest absolute Gasteiger partial charge is 0.298 e. The summed E-state index contributed by atoms with van der Waals surface area (Å²) in [5.41, 5.74) is 2.55. The van der Waals surface area contributed by atoms with Crippen molar-refractivity contribution in [2.24, 2.45) is 7.05 Å². The first-order valence-electron chi connectivity index (χ1n) is 6.00. The normalized spacial score (nSPS) is 21.1. The van der Waals surface area contributed by atoms with Gasteiger partial charge in [-0.15, -0.1) is 0 Å². The Hall–Kier alpha value is -1.62. The van der Waals surface area contributed by atoms with Gasteiger partial charge in [-0.05, 0) is 19.0 Å². The number of likely N-dealkylation sites (tertiary alicyclic amines) is 1. The van der Waals surface area contributed by atoms with Gasteiger partial charge in [0.05, 0.1) is 6.20 Å². The van der Waals surface area contributed by atoms with Crippen LogP contribution in [0.25, 0.3) is 0 Å². The molecule has 1 fully saturated rings. The first kappa shape index (κ1) is 10.5. The zero-order chi connectivity index (χ0) is 11.7. The van der Waals surface area contributed by atoms with E-state index in [-0.39, 0.29) is 0 Å². The second kappa shape index (κ2) is 4.33. The van der Waals surface area contributed by atoms with Crippen molar-refractivity contribution >= 4 is 0 Å². The molecule has 0 aromatic carbocycles. The Morgan fingerprint density at radius 3 is 3.18 bits per heavy atom. The van der Waals surface area contributed by atoms with Crippen LogP contribution in [0.1, 0.15) is 23.6 Å². The molecule has 1 aliphatic heterocycles. The molecule has 1 N–H and O–H groups in total. The fourth-order valence-corrected chi connectivity index (χ4v) is 2.54. The van der Waals surface area contributed by atoms with Gasteiger partial charge in [-0.3, -0.25) is 14.7 Å². The average Bonchev–Trinajstić information content (AvgIpc) is 3.00. The molecule has 2 aromatic heterocycles. The lowest BCUT2D eigenvalue weighted by atomic mass is 10.1. The van der Waals surface area contributed by atoms with Crippen LogP contribution in [-0.4, -0.2) is 38.0 Å². The number of H-pyrrole nitrogens is 1. The third-order valence-corrected chi connectivity index (χ3v) is 3.40. The molecule has 0 radical (unpaired) electrons. The minimum Gasteiger partial charge on any atom is -0.298 e. The molecule has 3 heterocycles. The predicted octanol–water partition coefficient (Wildman–Crippen LogP) is 1.13. The molecule has 0 amide bonds. The van der Waals surface area contributed by atoms with Crippen LogP contribution in [0.2, 0.25) is 0 Å². The van der Waals surface area contributed by atoms with Crippen molar-refractivity contribution in [3.8, 4) is 0 Å². The quantitative estimate of drug-likeness (QED) is 0.861. The lowest BCUT2D eigenvalue weighted by Gasteiger charge is -2.14. The van der Waals surface area contributed by atoms with Gasteiger partial charge in [-0.1, -0.05) is 0 Å². The number of nitrogens with zero attached hydrogens (tertiary/aromatic N) is 4. The minimum absolute atomic E-state index is 0.606. The van der Waals surface area contributed by atoms with Crippen molar-refractivity contribution in [1.29, 1.82) is 0 Å². The van der Waals surface area contributed by atoms with E-state index in [0.29, 0.717) is 5.92 Å². The van der Waals surface area contributed by atoms with E-state index >= 15 is 0 Å². The summed E-state index contributed by atoms with van der Waals surface area (Å²) in [5.74, 6) is 0.606. The highest BCUT2D eigenvalue weighted by Gasteiger charge is 2.24. The number of hydrogen-bond acceptors (Lipinski definition) is 3. The van der Waals surface area contributed by atoms with Gasteiger partial charge < -0.3 is 0 Å². The second-order valence-corrected chi connectivity index (χ2v) is 4.75. The molecular formula is C12H17N5. The molecule has 5 nitrogen and oxygen atoms in total. The van der Waals surface area contributed by atoms with E-state index in [1.54, 1.807) is 0 Å². The Morgan fingerprint density at radius 1 is 1.53 bits per heavy atom. The second-order valence-electron chi connectivity index (χ2n) is 4.75. The van der Waals surface area contributed by atoms with Crippen LogP contribution in [0.15, 0.2) is 24.7 Å². The maximum atomic E-state index is 4.20. The molecular weight excluding hydrogens is 214 g/mol. The Kier molecular flexibility index (Phi) is 2.68. The molecule has 5 heteroatoms. The summed E-state index contributed by atoms with van der Waals surface area (Å²) in [4.78, 5) is 2.47. The molecule has 1 aliphatic rings. The third kappa shape index (κ3) is 2.24. The maximum Gasteiger partial charge on any atom is 0.0534 e. The van der Waals surface area contributed by atoms with Crippen molar-refractivity contribution in [2.75, 3.05) is 13.1 Å². The van der Waals surface area contributed by atoms with Gasteiger partial charge >= 0.3 is 0 Å². The van der Waals surface area contributed by atoms with Gasteiger partial charge in [-0.2, -0.15) is 10.2 Å². The summed E-state index contributed by atoms with van der Waals surface area (Å²) >= 11 is 0. The smallest absolute Gasteiger partial charge is 0.0534 e. The molecule has 0 bridgehead atoms. The summed E-state index contributed by atoms with van der Waals surface area (Å²) in [5, 5.41) is 11.3.